The van der Waals surface area contributed by atoms with Gasteiger partial charge in [0.2, 0.25) is 0 Å². The summed E-state index contributed by atoms with van der Waals surface area (Å²) in [6.45, 7) is 5.22. The van der Waals surface area contributed by atoms with Gasteiger partial charge in [-0.05, 0) is 43.2 Å². The number of likely N-dealkylation sites (tertiary alicyclic amines) is 1. The average molecular weight is 439 g/mol. The van der Waals surface area contributed by atoms with E-state index in [0.717, 1.165) is 12.1 Å². The standard InChI is InChI=1S/C20H22F3N3O3.C2H6/c1-11-2-5-15(14(22)8-11)25-18-12(3-4-13(21)17(18)23)19(28)26-9-20(29,10-26)16(24)6-7-27;1-2/h2-5,8,16,25,27,29H,6-7,9-10,24H2,1H3;1-2H3. The Labute approximate surface area is 179 Å². The summed E-state index contributed by atoms with van der Waals surface area (Å²) in [5.41, 5.74) is 4.28. The minimum absolute atomic E-state index is 0.112. The monoisotopic (exact) mass is 439 g/mol. The molecule has 1 fully saturated rings. The molecule has 3 rings (SSSR count). The average Bonchev–Trinajstić information content (AvgIpc) is 2.72. The molecule has 1 saturated heterocycles. The molecular formula is C22H28F3N3O3. The molecule has 1 amide bonds. The van der Waals surface area contributed by atoms with Crippen LogP contribution in [-0.4, -0.2) is 52.4 Å². The van der Waals surface area contributed by atoms with Gasteiger partial charge in [-0.15, -0.1) is 0 Å². The van der Waals surface area contributed by atoms with E-state index in [4.69, 9.17) is 10.8 Å². The zero-order chi connectivity index (χ0) is 23.3. The number of aryl methyl sites for hydroxylation is 1. The first-order valence-electron chi connectivity index (χ1n) is 10.1. The van der Waals surface area contributed by atoms with Crippen molar-refractivity contribution in [2.24, 2.45) is 5.73 Å². The lowest BCUT2D eigenvalue weighted by Gasteiger charge is -2.49. The normalized spacial score (nSPS) is 15.5. The number of rotatable bonds is 6. The van der Waals surface area contributed by atoms with Gasteiger partial charge in [0.15, 0.2) is 11.6 Å². The van der Waals surface area contributed by atoms with E-state index in [1.54, 1.807) is 13.0 Å². The Hall–Kier alpha value is -2.62. The van der Waals surface area contributed by atoms with Crippen LogP contribution in [0.3, 0.4) is 0 Å². The number of benzene rings is 2. The Kier molecular flexibility index (Phi) is 8.05. The van der Waals surface area contributed by atoms with Crippen molar-refractivity contribution in [1.29, 1.82) is 0 Å². The van der Waals surface area contributed by atoms with E-state index >= 15 is 0 Å². The minimum atomic E-state index is -1.37. The number of hydrogen-bond acceptors (Lipinski definition) is 5. The topological polar surface area (TPSA) is 98.8 Å². The Morgan fingerprint density at radius 2 is 1.84 bits per heavy atom. The summed E-state index contributed by atoms with van der Waals surface area (Å²) in [4.78, 5) is 14.0. The summed E-state index contributed by atoms with van der Waals surface area (Å²) in [5, 5.41) is 21.8. The van der Waals surface area contributed by atoms with Crippen LogP contribution < -0.4 is 11.1 Å². The zero-order valence-electron chi connectivity index (χ0n) is 17.8. The number of halogens is 3. The van der Waals surface area contributed by atoms with E-state index < -0.39 is 40.7 Å². The van der Waals surface area contributed by atoms with Crippen molar-refractivity contribution in [2.75, 3.05) is 25.0 Å². The number of nitrogens with two attached hydrogens (primary N) is 1. The van der Waals surface area contributed by atoms with Gasteiger partial charge < -0.3 is 26.2 Å². The highest BCUT2D eigenvalue weighted by molar-refractivity contribution is 6.01. The SMILES string of the molecule is CC.Cc1ccc(Nc2c(C(=O)N3CC(O)(C(N)CCO)C3)ccc(F)c2F)c(F)c1. The first kappa shape index (κ1) is 24.6. The lowest BCUT2D eigenvalue weighted by atomic mass is 9.84. The highest BCUT2D eigenvalue weighted by Crippen LogP contribution is 2.32. The summed E-state index contributed by atoms with van der Waals surface area (Å²) >= 11 is 0. The van der Waals surface area contributed by atoms with Crippen molar-refractivity contribution >= 4 is 17.3 Å². The van der Waals surface area contributed by atoms with Crippen LogP contribution in [0.2, 0.25) is 0 Å². The lowest BCUT2D eigenvalue weighted by molar-refractivity contribution is -0.0996. The number of carbonyl (C=O) groups excluding carboxylic acids is 1. The first-order chi connectivity index (χ1) is 14.7. The highest BCUT2D eigenvalue weighted by Gasteiger charge is 2.48. The van der Waals surface area contributed by atoms with E-state index in [1.807, 2.05) is 13.8 Å². The number of nitrogens with one attached hydrogen (secondary N) is 1. The quantitative estimate of drug-likeness (QED) is 0.555. The fraction of sp³-hybridized carbons (Fsp3) is 0.409. The van der Waals surface area contributed by atoms with Gasteiger partial charge >= 0.3 is 0 Å². The van der Waals surface area contributed by atoms with Crippen LogP contribution >= 0.6 is 0 Å². The van der Waals surface area contributed by atoms with Crippen molar-refractivity contribution in [2.45, 2.75) is 38.8 Å². The molecule has 0 spiro atoms. The number of aliphatic hydroxyl groups excluding tert-OH is 1. The number of nitrogens with zero attached hydrogens (tertiary/aromatic N) is 1. The Bertz CT molecular complexity index is 934. The molecule has 1 heterocycles. The molecule has 0 radical (unpaired) electrons. The molecule has 1 aliphatic rings. The van der Waals surface area contributed by atoms with Gasteiger partial charge in [-0.2, -0.15) is 0 Å². The number of aliphatic hydroxyl groups is 2. The molecule has 0 aliphatic carbocycles. The third-order valence-electron chi connectivity index (χ3n) is 5.06. The Morgan fingerprint density at radius 1 is 1.19 bits per heavy atom. The predicted molar refractivity (Wildman–Crippen MR) is 113 cm³/mol. The van der Waals surface area contributed by atoms with Gasteiger partial charge in [0.25, 0.3) is 5.91 Å². The maximum absolute atomic E-state index is 14.5. The molecule has 0 saturated carbocycles. The van der Waals surface area contributed by atoms with Crippen LogP contribution in [0.4, 0.5) is 24.5 Å². The maximum atomic E-state index is 14.5. The third kappa shape index (κ3) is 5.17. The minimum Gasteiger partial charge on any atom is -0.396 e. The van der Waals surface area contributed by atoms with E-state index in [2.05, 4.69) is 5.32 Å². The van der Waals surface area contributed by atoms with Crippen LogP contribution in [0.25, 0.3) is 0 Å². The first-order valence-corrected chi connectivity index (χ1v) is 10.1. The molecule has 9 heteroatoms. The molecule has 1 aliphatic heterocycles. The second kappa shape index (κ2) is 10.1. The van der Waals surface area contributed by atoms with Crippen LogP contribution in [0.5, 0.6) is 0 Å². The summed E-state index contributed by atoms with van der Waals surface area (Å²) in [5.74, 6) is -3.86. The second-order valence-electron chi connectivity index (χ2n) is 7.28. The molecule has 1 atom stereocenters. The van der Waals surface area contributed by atoms with Crippen molar-refractivity contribution in [1.82, 2.24) is 4.90 Å². The van der Waals surface area contributed by atoms with E-state index in [0.29, 0.717) is 5.56 Å². The summed E-state index contributed by atoms with van der Waals surface area (Å²) in [6, 6.07) is 5.34. The maximum Gasteiger partial charge on any atom is 0.256 e. The van der Waals surface area contributed by atoms with Crippen LogP contribution in [0.1, 0.15) is 36.2 Å². The number of β-amino-alcohol motifs (C(OH)–C–C–N with tert-alkyl or cyclic N) is 1. The van der Waals surface area contributed by atoms with Crippen molar-refractivity contribution < 1.29 is 28.2 Å². The second-order valence-corrected chi connectivity index (χ2v) is 7.28. The van der Waals surface area contributed by atoms with E-state index in [1.165, 1.54) is 17.0 Å². The fourth-order valence-corrected chi connectivity index (χ4v) is 3.28. The van der Waals surface area contributed by atoms with Crippen LogP contribution in [-0.2, 0) is 0 Å². The Balaban J connectivity index is 0.00000166. The molecule has 1 unspecified atom stereocenters. The predicted octanol–water partition coefficient (Wildman–Crippen LogP) is 3.08. The molecular weight excluding hydrogens is 411 g/mol. The van der Waals surface area contributed by atoms with Crippen LogP contribution in [0.15, 0.2) is 30.3 Å². The molecule has 2 aromatic carbocycles. The molecule has 5 N–H and O–H groups in total. The summed E-state index contributed by atoms with van der Waals surface area (Å²) in [6.07, 6.45) is 0.156. The van der Waals surface area contributed by atoms with Crippen molar-refractivity contribution in [3.8, 4) is 0 Å². The Morgan fingerprint density at radius 3 is 2.42 bits per heavy atom. The molecule has 31 heavy (non-hydrogen) atoms. The molecule has 2 aromatic rings. The number of amides is 1. The summed E-state index contributed by atoms with van der Waals surface area (Å²) < 4.78 is 42.4. The smallest absolute Gasteiger partial charge is 0.256 e. The zero-order valence-corrected chi connectivity index (χ0v) is 17.8. The van der Waals surface area contributed by atoms with E-state index in [9.17, 15) is 23.1 Å². The van der Waals surface area contributed by atoms with Crippen molar-refractivity contribution in [3.63, 3.8) is 0 Å². The largest absolute Gasteiger partial charge is 0.396 e. The van der Waals surface area contributed by atoms with Gasteiger partial charge in [0, 0.05) is 12.6 Å². The molecule has 6 nitrogen and oxygen atoms in total. The van der Waals surface area contributed by atoms with Gasteiger partial charge in [-0.1, -0.05) is 19.9 Å². The van der Waals surface area contributed by atoms with Crippen molar-refractivity contribution in [3.05, 3.63) is 58.9 Å². The summed E-state index contributed by atoms with van der Waals surface area (Å²) in [7, 11) is 0. The van der Waals surface area contributed by atoms with E-state index in [-0.39, 0.29) is 37.4 Å². The van der Waals surface area contributed by atoms with Gasteiger partial charge in [-0.3, -0.25) is 4.79 Å². The highest BCUT2D eigenvalue weighted by atomic mass is 19.2. The van der Waals surface area contributed by atoms with Gasteiger partial charge in [0.05, 0.1) is 30.0 Å². The number of carbonyl (C=O) groups is 1. The third-order valence-corrected chi connectivity index (χ3v) is 5.06. The van der Waals surface area contributed by atoms with Gasteiger partial charge in [-0.25, -0.2) is 13.2 Å². The lowest BCUT2D eigenvalue weighted by Crippen LogP contribution is -2.70. The molecule has 170 valence electrons. The molecule has 0 aromatic heterocycles. The fourth-order valence-electron chi connectivity index (χ4n) is 3.28. The number of anilines is 2. The van der Waals surface area contributed by atoms with Gasteiger partial charge in [0.1, 0.15) is 11.4 Å². The van der Waals surface area contributed by atoms with Crippen LogP contribution in [0, 0.1) is 24.4 Å². The number of hydrogen-bond donors (Lipinski definition) is 4. The molecule has 0 bridgehead atoms.